The van der Waals surface area contributed by atoms with E-state index in [1.54, 1.807) is 11.8 Å². The molecule has 0 spiro atoms. The predicted octanol–water partition coefficient (Wildman–Crippen LogP) is 0.0927. The molecule has 0 aliphatic carbocycles. The number of nitrogens with zero attached hydrogens (tertiary/aromatic N) is 4. The summed E-state index contributed by atoms with van der Waals surface area (Å²) in [6.07, 6.45) is 1.31. The molecule has 1 aromatic rings. The Labute approximate surface area is 101 Å². The lowest BCUT2D eigenvalue weighted by molar-refractivity contribution is 0.183. The number of aliphatic hydroxyl groups excluding tert-OH is 1. The van der Waals surface area contributed by atoms with Crippen LogP contribution in [0.1, 0.15) is 19.8 Å². The Bertz CT molecular complexity index is 355. The van der Waals surface area contributed by atoms with Crippen LogP contribution >= 0.6 is 0 Å². The highest BCUT2D eigenvalue weighted by atomic mass is 16.3. The van der Waals surface area contributed by atoms with Gasteiger partial charge in [-0.3, -0.25) is 0 Å². The monoisotopic (exact) mass is 240 g/mol. The summed E-state index contributed by atoms with van der Waals surface area (Å²) < 4.78 is 0. The van der Waals surface area contributed by atoms with Gasteiger partial charge in [0.05, 0.1) is 6.10 Å². The highest BCUT2D eigenvalue weighted by Gasteiger charge is 2.05. The van der Waals surface area contributed by atoms with Gasteiger partial charge in [0.2, 0.25) is 17.8 Å². The summed E-state index contributed by atoms with van der Waals surface area (Å²) in [7, 11) is 3.68. The second kappa shape index (κ2) is 6.19. The molecule has 0 amide bonds. The van der Waals surface area contributed by atoms with Crippen LogP contribution in [0.5, 0.6) is 0 Å². The smallest absolute Gasteiger partial charge is 0.231 e. The fourth-order valence-electron chi connectivity index (χ4n) is 1.26. The van der Waals surface area contributed by atoms with Gasteiger partial charge in [-0.25, -0.2) is 0 Å². The zero-order valence-electron chi connectivity index (χ0n) is 10.5. The molecule has 1 unspecified atom stereocenters. The van der Waals surface area contributed by atoms with E-state index in [1.165, 1.54) is 0 Å². The third kappa shape index (κ3) is 4.81. The van der Waals surface area contributed by atoms with E-state index in [1.807, 2.05) is 14.1 Å². The summed E-state index contributed by atoms with van der Waals surface area (Å²) in [6.45, 7) is 2.46. The van der Waals surface area contributed by atoms with Crippen molar-refractivity contribution in [3.05, 3.63) is 0 Å². The lowest BCUT2D eigenvalue weighted by atomic mass is 10.2. The van der Waals surface area contributed by atoms with Crippen molar-refractivity contribution in [3.63, 3.8) is 0 Å². The predicted molar refractivity (Wildman–Crippen MR) is 68.0 cm³/mol. The van der Waals surface area contributed by atoms with Crippen LogP contribution in [0.3, 0.4) is 0 Å². The van der Waals surface area contributed by atoms with E-state index in [-0.39, 0.29) is 12.1 Å². The highest BCUT2D eigenvalue weighted by molar-refractivity contribution is 5.40. The summed E-state index contributed by atoms with van der Waals surface area (Å²) in [5, 5.41) is 12.2. The maximum atomic E-state index is 9.11. The zero-order valence-corrected chi connectivity index (χ0v) is 10.5. The Morgan fingerprint density at radius 3 is 2.65 bits per heavy atom. The Morgan fingerprint density at radius 2 is 2.06 bits per heavy atom. The molecule has 96 valence electrons. The lowest BCUT2D eigenvalue weighted by Crippen LogP contribution is -2.17. The quantitative estimate of drug-likeness (QED) is 0.606. The molecule has 0 saturated carbocycles. The molecule has 0 aromatic carbocycles. The Balaban J connectivity index is 2.53. The zero-order chi connectivity index (χ0) is 12.8. The van der Waals surface area contributed by atoms with Crippen LogP contribution in [0.4, 0.5) is 17.8 Å². The average molecular weight is 240 g/mol. The van der Waals surface area contributed by atoms with Gasteiger partial charge in [0, 0.05) is 20.6 Å². The minimum atomic E-state index is -0.280. The molecule has 0 aliphatic rings. The number of rotatable bonds is 6. The molecular formula is C10H20N6O. The number of nitrogens with one attached hydrogen (secondary N) is 1. The van der Waals surface area contributed by atoms with Crippen LogP contribution in [0.25, 0.3) is 0 Å². The van der Waals surface area contributed by atoms with Gasteiger partial charge >= 0.3 is 0 Å². The first kappa shape index (κ1) is 13.4. The topological polar surface area (TPSA) is 100 Å². The number of nitrogen functional groups attached to an aromatic ring is 1. The molecule has 0 fully saturated rings. The van der Waals surface area contributed by atoms with E-state index < -0.39 is 0 Å². The maximum absolute atomic E-state index is 9.11. The molecule has 7 heteroatoms. The lowest BCUT2D eigenvalue weighted by Gasteiger charge is -2.12. The van der Waals surface area contributed by atoms with Crippen LogP contribution in [-0.2, 0) is 0 Å². The van der Waals surface area contributed by atoms with E-state index in [2.05, 4.69) is 20.3 Å². The fourth-order valence-corrected chi connectivity index (χ4v) is 1.26. The summed E-state index contributed by atoms with van der Waals surface area (Å²) in [5.74, 6) is 1.18. The van der Waals surface area contributed by atoms with Crippen molar-refractivity contribution >= 4 is 17.8 Å². The summed E-state index contributed by atoms with van der Waals surface area (Å²) in [5.41, 5.74) is 5.58. The number of hydrogen-bond donors (Lipinski definition) is 3. The van der Waals surface area contributed by atoms with Crippen molar-refractivity contribution in [1.29, 1.82) is 0 Å². The third-order valence-electron chi connectivity index (χ3n) is 2.12. The molecule has 1 rings (SSSR count). The number of aromatic nitrogens is 3. The third-order valence-corrected chi connectivity index (χ3v) is 2.12. The van der Waals surface area contributed by atoms with Crippen molar-refractivity contribution in [2.45, 2.75) is 25.9 Å². The van der Waals surface area contributed by atoms with Crippen LogP contribution in [-0.4, -0.2) is 46.8 Å². The minimum absolute atomic E-state index is 0.196. The van der Waals surface area contributed by atoms with E-state index in [9.17, 15) is 0 Å². The summed E-state index contributed by atoms with van der Waals surface area (Å²) >= 11 is 0. The van der Waals surface area contributed by atoms with Crippen LogP contribution in [0.2, 0.25) is 0 Å². The minimum Gasteiger partial charge on any atom is -0.393 e. The van der Waals surface area contributed by atoms with Gasteiger partial charge in [0.15, 0.2) is 0 Å². The Morgan fingerprint density at radius 1 is 1.35 bits per heavy atom. The number of nitrogens with two attached hydrogens (primary N) is 1. The maximum Gasteiger partial charge on any atom is 0.231 e. The molecule has 0 aliphatic heterocycles. The van der Waals surface area contributed by atoms with Gasteiger partial charge in [-0.2, -0.15) is 15.0 Å². The second-order valence-corrected chi connectivity index (χ2v) is 4.13. The number of hydrogen-bond acceptors (Lipinski definition) is 7. The molecule has 0 bridgehead atoms. The Kier molecular flexibility index (Phi) is 4.89. The van der Waals surface area contributed by atoms with Gasteiger partial charge in [0.25, 0.3) is 0 Å². The van der Waals surface area contributed by atoms with Gasteiger partial charge in [-0.05, 0) is 19.8 Å². The highest BCUT2D eigenvalue weighted by Crippen LogP contribution is 2.09. The molecule has 17 heavy (non-hydrogen) atoms. The van der Waals surface area contributed by atoms with Crippen molar-refractivity contribution < 1.29 is 5.11 Å². The van der Waals surface area contributed by atoms with Gasteiger partial charge < -0.3 is 21.1 Å². The molecule has 7 nitrogen and oxygen atoms in total. The summed E-state index contributed by atoms with van der Waals surface area (Å²) in [4.78, 5) is 13.9. The molecule has 1 heterocycles. The van der Waals surface area contributed by atoms with Crippen LogP contribution in [0.15, 0.2) is 0 Å². The van der Waals surface area contributed by atoms with E-state index in [4.69, 9.17) is 10.8 Å². The summed E-state index contributed by atoms with van der Waals surface area (Å²) in [6, 6.07) is 0. The van der Waals surface area contributed by atoms with Crippen molar-refractivity contribution in [1.82, 2.24) is 15.0 Å². The molecule has 4 N–H and O–H groups in total. The molecular weight excluding hydrogens is 220 g/mol. The number of aliphatic hydroxyl groups is 1. The van der Waals surface area contributed by atoms with Crippen LogP contribution in [0, 0.1) is 0 Å². The molecule has 1 aromatic heterocycles. The van der Waals surface area contributed by atoms with Crippen molar-refractivity contribution in [2.75, 3.05) is 36.6 Å². The number of anilines is 3. The molecule has 0 saturated heterocycles. The SMILES string of the molecule is CC(O)CCCNc1nc(N)nc(N(C)C)n1. The van der Waals surface area contributed by atoms with E-state index >= 15 is 0 Å². The first-order valence-corrected chi connectivity index (χ1v) is 5.60. The Hall–Kier alpha value is -1.63. The molecule has 1 atom stereocenters. The van der Waals surface area contributed by atoms with Gasteiger partial charge in [-0.15, -0.1) is 0 Å². The van der Waals surface area contributed by atoms with Crippen LogP contribution < -0.4 is 16.0 Å². The first-order chi connectivity index (χ1) is 7.99. The second-order valence-electron chi connectivity index (χ2n) is 4.13. The van der Waals surface area contributed by atoms with E-state index in [0.29, 0.717) is 18.4 Å². The van der Waals surface area contributed by atoms with Gasteiger partial charge in [0.1, 0.15) is 0 Å². The average Bonchev–Trinajstić information content (AvgIpc) is 2.23. The van der Waals surface area contributed by atoms with Gasteiger partial charge in [-0.1, -0.05) is 0 Å². The largest absolute Gasteiger partial charge is 0.393 e. The van der Waals surface area contributed by atoms with Crippen molar-refractivity contribution in [3.8, 4) is 0 Å². The normalized spacial score (nSPS) is 12.2. The fraction of sp³-hybridized carbons (Fsp3) is 0.700. The first-order valence-electron chi connectivity index (χ1n) is 5.60. The standard InChI is InChI=1S/C10H20N6O/c1-7(17)5-4-6-12-9-13-8(11)14-10(15-9)16(2)3/h7,17H,4-6H2,1-3H3,(H3,11,12,13,14,15). The molecule has 0 radical (unpaired) electrons. The van der Waals surface area contributed by atoms with E-state index in [0.717, 1.165) is 12.8 Å². The van der Waals surface area contributed by atoms with Crippen molar-refractivity contribution in [2.24, 2.45) is 0 Å².